The Kier molecular flexibility index (Phi) is 4.16. The molecule has 0 aromatic rings. The molecule has 1 heterocycles. The molecule has 0 spiro atoms. The van der Waals surface area contributed by atoms with E-state index in [9.17, 15) is 0 Å². The van der Waals surface area contributed by atoms with Gasteiger partial charge in [0.1, 0.15) is 0 Å². The summed E-state index contributed by atoms with van der Waals surface area (Å²) >= 11 is 0. The lowest BCUT2D eigenvalue weighted by Gasteiger charge is -2.24. The minimum atomic E-state index is 0.187. The van der Waals surface area contributed by atoms with Crippen LogP contribution in [0.4, 0.5) is 0 Å². The molecular formula is C10H21NO2. The highest BCUT2D eigenvalue weighted by Gasteiger charge is 2.16. The van der Waals surface area contributed by atoms with Crippen molar-refractivity contribution in [1.82, 2.24) is 5.32 Å². The Hall–Kier alpha value is -0.120. The fraction of sp³-hybridized carbons (Fsp3) is 1.00. The monoisotopic (exact) mass is 187 g/mol. The summed E-state index contributed by atoms with van der Waals surface area (Å²) in [5.74, 6) is 0.502. The second kappa shape index (κ2) is 4.94. The Morgan fingerprint density at radius 1 is 1.15 bits per heavy atom. The zero-order chi connectivity index (χ0) is 9.73. The van der Waals surface area contributed by atoms with E-state index in [0.717, 1.165) is 33.0 Å². The van der Waals surface area contributed by atoms with E-state index in [1.165, 1.54) is 0 Å². The van der Waals surface area contributed by atoms with Gasteiger partial charge in [-0.15, -0.1) is 0 Å². The molecule has 0 aromatic heterocycles. The van der Waals surface area contributed by atoms with Gasteiger partial charge in [-0.1, -0.05) is 0 Å². The van der Waals surface area contributed by atoms with Crippen LogP contribution in [0.1, 0.15) is 20.8 Å². The summed E-state index contributed by atoms with van der Waals surface area (Å²) < 4.78 is 10.8. The molecule has 0 atom stereocenters. The highest BCUT2D eigenvalue weighted by molar-refractivity contribution is 4.73. The quantitative estimate of drug-likeness (QED) is 0.700. The van der Waals surface area contributed by atoms with Gasteiger partial charge in [0.2, 0.25) is 0 Å². The van der Waals surface area contributed by atoms with Gasteiger partial charge in [-0.25, -0.2) is 0 Å². The maximum absolute atomic E-state index is 5.41. The molecule has 3 heteroatoms. The Labute approximate surface area is 80.8 Å². The van der Waals surface area contributed by atoms with E-state index in [1.54, 1.807) is 0 Å². The molecule has 1 N–H and O–H groups in total. The molecule has 0 aromatic carbocycles. The average molecular weight is 187 g/mol. The summed E-state index contributed by atoms with van der Waals surface area (Å²) in [6.45, 7) is 10.6. The van der Waals surface area contributed by atoms with E-state index in [0.29, 0.717) is 5.92 Å². The van der Waals surface area contributed by atoms with Crippen molar-refractivity contribution in [3.05, 3.63) is 0 Å². The first kappa shape index (κ1) is 11.0. The fourth-order valence-corrected chi connectivity index (χ4v) is 1.23. The van der Waals surface area contributed by atoms with Crippen molar-refractivity contribution in [2.24, 2.45) is 5.92 Å². The van der Waals surface area contributed by atoms with Crippen LogP contribution in [0.2, 0.25) is 0 Å². The van der Waals surface area contributed by atoms with Crippen LogP contribution in [0.25, 0.3) is 0 Å². The topological polar surface area (TPSA) is 30.5 Å². The van der Waals surface area contributed by atoms with Crippen LogP contribution in [-0.4, -0.2) is 38.5 Å². The molecule has 3 nitrogen and oxygen atoms in total. The van der Waals surface area contributed by atoms with Gasteiger partial charge in [0.05, 0.1) is 26.4 Å². The van der Waals surface area contributed by atoms with E-state index < -0.39 is 0 Å². The summed E-state index contributed by atoms with van der Waals surface area (Å²) in [6, 6.07) is 0. The average Bonchev–Trinajstić information content (AvgIpc) is 2.26. The van der Waals surface area contributed by atoms with Gasteiger partial charge in [0.25, 0.3) is 0 Å². The molecule has 1 aliphatic rings. The smallest absolute Gasteiger partial charge is 0.0700 e. The number of ether oxygens (including phenoxy) is 2. The van der Waals surface area contributed by atoms with Crippen LogP contribution < -0.4 is 5.32 Å². The third-order valence-electron chi connectivity index (χ3n) is 2.00. The van der Waals surface area contributed by atoms with Crippen LogP contribution >= 0.6 is 0 Å². The molecule has 0 unspecified atom stereocenters. The van der Waals surface area contributed by atoms with Crippen molar-refractivity contribution in [3.8, 4) is 0 Å². The molecule has 0 saturated carbocycles. The molecule has 13 heavy (non-hydrogen) atoms. The lowest BCUT2D eigenvalue weighted by molar-refractivity contribution is 0.103. The molecular weight excluding hydrogens is 166 g/mol. The van der Waals surface area contributed by atoms with E-state index in [2.05, 4.69) is 26.1 Å². The zero-order valence-corrected chi connectivity index (χ0v) is 8.93. The van der Waals surface area contributed by atoms with Crippen molar-refractivity contribution < 1.29 is 9.47 Å². The summed E-state index contributed by atoms with van der Waals surface area (Å²) in [4.78, 5) is 0. The van der Waals surface area contributed by atoms with E-state index in [-0.39, 0.29) is 5.54 Å². The lowest BCUT2D eigenvalue weighted by Crippen LogP contribution is -2.40. The third kappa shape index (κ3) is 5.24. The molecule has 0 aliphatic carbocycles. The van der Waals surface area contributed by atoms with Crippen LogP contribution in [-0.2, 0) is 9.47 Å². The van der Waals surface area contributed by atoms with Crippen molar-refractivity contribution in [1.29, 1.82) is 0 Å². The van der Waals surface area contributed by atoms with Gasteiger partial charge in [-0.05, 0) is 20.8 Å². The molecule has 1 fully saturated rings. The Bertz CT molecular complexity index is 134. The SMILES string of the molecule is CC(C)(C)NCC1COCCOC1. The minimum Gasteiger partial charge on any atom is -0.379 e. The first-order chi connectivity index (χ1) is 6.08. The molecule has 0 radical (unpaired) electrons. The van der Waals surface area contributed by atoms with Gasteiger partial charge in [0.15, 0.2) is 0 Å². The number of hydrogen-bond donors (Lipinski definition) is 1. The number of nitrogens with one attached hydrogen (secondary N) is 1. The van der Waals surface area contributed by atoms with Crippen molar-refractivity contribution in [2.45, 2.75) is 26.3 Å². The first-order valence-corrected chi connectivity index (χ1v) is 4.98. The summed E-state index contributed by atoms with van der Waals surface area (Å²) in [7, 11) is 0. The third-order valence-corrected chi connectivity index (χ3v) is 2.00. The van der Waals surface area contributed by atoms with Gasteiger partial charge in [-0.2, -0.15) is 0 Å². The van der Waals surface area contributed by atoms with Gasteiger partial charge in [0, 0.05) is 18.0 Å². The largest absolute Gasteiger partial charge is 0.379 e. The predicted molar refractivity (Wildman–Crippen MR) is 52.9 cm³/mol. The summed E-state index contributed by atoms with van der Waals surface area (Å²) in [6.07, 6.45) is 0. The molecule has 78 valence electrons. The molecule has 1 saturated heterocycles. The molecule has 0 bridgehead atoms. The Morgan fingerprint density at radius 2 is 1.69 bits per heavy atom. The van der Waals surface area contributed by atoms with Crippen molar-refractivity contribution in [2.75, 3.05) is 33.0 Å². The maximum atomic E-state index is 5.41. The highest BCUT2D eigenvalue weighted by Crippen LogP contribution is 2.05. The fourth-order valence-electron chi connectivity index (χ4n) is 1.23. The maximum Gasteiger partial charge on any atom is 0.0700 e. The second-order valence-corrected chi connectivity index (χ2v) is 4.65. The highest BCUT2D eigenvalue weighted by atomic mass is 16.5. The van der Waals surface area contributed by atoms with Crippen LogP contribution in [0.15, 0.2) is 0 Å². The zero-order valence-electron chi connectivity index (χ0n) is 8.93. The van der Waals surface area contributed by atoms with E-state index in [1.807, 2.05) is 0 Å². The predicted octanol–water partition coefficient (Wildman–Crippen LogP) is 1.04. The van der Waals surface area contributed by atoms with Gasteiger partial charge in [-0.3, -0.25) is 0 Å². The Balaban J connectivity index is 2.19. The molecule has 1 aliphatic heterocycles. The minimum absolute atomic E-state index is 0.187. The molecule has 0 amide bonds. The number of hydrogen-bond acceptors (Lipinski definition) is 3. The van der Waals surface area contributed by atoms with E-state index in [4.69, 9.17) is 9.47 Å². The van der Waals surface area contributed by atoms with Crippen LogP contribution in [0.5, 0.6) is 0 Å². The van der Waals surface area contributed by atoms with Crippen LogP contribution in [0.3, 0.4) is 0 Å². The first-order valence-electron chi connectivity index (χ1n) is 4.98. The van der Waals surface area contributed by atoms with Crippen LogP contribution in [0, 0.1) is 5.92 Å². The molecule has 1 rings (SSSR count). The second-order valence-electron chi connectivity index (χ2n) is 4.65. The van der Waals surface area contributed by atoms with Gasteiger partial charge >= 0.3 is 0 Å². The lowest BCUT2D eigenvalue weighted by atomic mass is 10.1. The van der Waals surface area contributed by atoms with Gasteiger partial charge < -0.3 is 14.8 Å². The summed E-state index contributed by atoms with van der Waals surface area (Å²) in [5.41, 5.74) is 0.187. The number of rotatable bonds is 2. The standard InChI is InChI=1S/C10H21NO2/c1-10(2,3)11-6-9-7-12-4-5-13-8-9/h9,11H,4-8H2,1-3H3. The van der Waals surface area contributed by atoms with Crippen molar-refractivity contribution in [3.63, 3.8) is 0 Å². The van der Waals surface area contributed by atoms with Crippen molar-refractivity contribution >= 4 is 0 Å². The van der Waals surface area contributed by atoms with E-state index >= 15 is 0 Å². The normalized spacial score (nSPS) is 21.5. The Morgan fingerprint density at radius 3 is 2.15 bits per heavy atom. The summed E-state index contributed by atoms with van der Waals surface area (Å²) in [5, 5.41) is 3.46.